The molecule has 0 spiro atoms. The van der Waals surface area contributed by atoms with E-state index in [0.717, 1.165) is 5.69 Å². The summed E-state index contributed by atoms with van der Waals surface area (Å²) in [6, 6.07) is 10.4. The first kappa shape index (κ1) is 18.2. The van der Waals surface area contributed by atoms with Gasteiger partial charge in [-0.2, -0.15) is 0 Å². The van der Waals surface area contributed by atoms with E-state index >= 15 is 0 Å². The fourth-order valence-electron chi connectivity index (χ4n) is 2.38. The molecule has 0 bridgehead atoms. The molecule has 25 heavy (non-hydrogen) atoms. The van der Waals surface area contributed by atoms with Gasteiger partial charge in [0.1, 0.15) is 0 Å². The van der Waals surface area contributed by atoms with Crippen molar-refractivity contribution < 1.29 is 5.11 Å². The minimum absolute atomic E-state index is 0.121. The Morgan fingerprint density at radius 1 is 1.24 bits per heavy atom. The normalized spacial score (nSPS) is 12.3. The lowest BCUT2D eigenvalue weighted by Gasteiger charge is -2.14. The summed E-state index contributed by atoms with van der Waals surface area (Å²) in [7, 11) is 0. The van der Waals surface area contributed by atoms with Crippen molar-refractivity contribution in [1.82, 2.24) is 9.55 Å². The van der Waals surface area contributed by atoms with Crippen LogP contribution in [-0.4, -0.2) is 27.3 Å². The van der Waals surface area contributed by atoms with Crippen molar-refractivity contribution in [2.45, 2.75) is 12.6 Å². The van der Waals surface area contributed by atoms with Crippen molar-refractivity contribution in [2.75, 3.05) is 11.9 Å². The Morgan fingerprint density at radius 3 is 2.68 bits per heavy atom. The molecule has 1 aromatic heterocycles. The third-order valence-corrected chi connectivity index (χ3v) is 5.11. The lowest BCUT2D eigenvalue weighted by atomic mass is 10.2. The molecule has 0 fully saturated rings. The molecule has 2 aromatic carbocycles. The smallest absolute Gasteiger partial charge is 0.261 e. The van der Waals surface area contributed by atoms with Crippen LogP contribution in [-0.2, 0) is 6.54 Å². The van der Waals surface area contributed by atoms with Crippen LogP contribution in [0.2, 0.25) is 10.0 Å². The number of aromatic nitrogens is 2. The number of benzene rings is 2. The van der Waals surface area contributed by atoms with Gasteiger partial charge < -0.3 is 10.4 Å². The zero-order chi connectivity index (χ0) is 18.0. The summed E-state index contributed by atoms with van der Waals surface area (Å²) >= 11 is 15.2. The zero-order valence-electron chi connectivity index (χ0n) is 12.9. The van der Waals surface area contributed by atoms with Crippen LogP contribution < -0.4 is 10.9 Å². The van der Waals surface area contributed by atoms with Crippen molar-refractivity contribution in [3.05, 3.63) is 67.6 Å². The maximum Gasteiger partial charge on any atom is 0.261 e. The molecule has 130 valence electrons. The average molecular weight is 443 g/mol. The van der Waals surface area contributed by atoms with Crippen LogP contribution in [0.15, 0.2) is 52.0 Å². The second-order valence-corrected chi connectivity index (χ2v) is 7.23. The molecule has 1 heterocycles. The number of nitrogens with zero attached hydrogens (tertiary/aromatic N) is 2. The fraction of sp³-hybridized carbons (Fsp3) is 0.176. The molecule has 0 aliphatic carbocycles. The van der Waals surface area contributed by atoms with Gasteiger partial charge in [-0.25, -0.2) is 4.98 Å². The maximum absolute atomic E-state index is 12.5. The van der Waals surface area contributed by atoms with Crippen molar-refractivity contribution >= 4 is 55.7 Å². The van der Waals surface area contributed by atoms with E-state index in [2.05, 4.69) is 26.2 Å². The highest BCUT2D eigenvalue weighted by Gasteiger charge is 2.11. The van der Waals surface area contributed by atoms with Gasteiger partial charge in [0.15, 0.2) is 0 Å². The van der Waals surface area contributed by atoms with Crippen LogP contribution in [0.3, 0.4) is 0 Å². The van der Waals surface area contributed by atoms with E-state index in [1.807, 2.05) is 12.1 Å². The second-order valence-electron chi connectivity index (χ2n) is 5.53. The molecule has 3 rings (SSSR count). The topological polar surface area (TPSA) is 67.2 Å². The summed E-state index contributed by atoms with van der Waals surface area (Å²) in [5.74, 6) is 0. The number of halogens is 3. The van der Waals surface area contributed by atoms with E-state index in [1.165, 1.54) is 10.9 Å². The van der Waals surface area contributed by atoms with Crippen LogP contribution in [0.5, 0.6) is 0 Å². The standard InChI is InChI=1S/C17H14BrCl2N3O2/c18-14-6-16-13(5-15(14)20)17(25)23(9-22-16)8-12(24)7-21-11-3-1-10(19)2-4-11/h1-6,9,12,21,24H,7-8H2/t12-/m0/s1. The van der Waals surface area contributed by atoms with E-state index < -0.39 is 6.10 Å². The Morgan fingerprint density at radius 2 is 1.96 bits per heavy atom. The molecule has 0 aliphatic rings. The van der Waals surface area contributed by atoms with Crippen molar-refractivity contribution in [2.24, 2.45) is 0 Å². The maximum atomic E-state index is 12.5. The quantitative estimate of drug-likeness (QED) is 0.627. The molecule has 5 nitrogen and oxygen atoms in total. The van der Waals surface area contributed by atoms with Gasteiger partial charge in [-0.3, -0.25) is 9.36 Å². The molecular weight excluding hydrogens is 429 g/mol. The van der Waals surface area contributed by atoms with Crippen LogP contribution >= 0.6 is 39.1 Å². The number of aliphatic hydroxyl groups excluding tert-OH is 1. The van der Waals surface area contributed by atoms with Gasteiger partial charge in [-0.1, -0.05) is 23.2 Å². The van der Waals surface area contributed by atoms with Gasteiger partial charge in [-0.15, -0.1) is 0 Å². The molecule has 2 N–H and O–H groups in total. The van der Waals surface area contributed by atoms with Crippen LogP contribution in [0.1, 0.15) is 0 Å². The Hall–Kier alpha value is -1.60. The molecule has 0 amide bonds. The van der Waals surface area contributed by atoms with E-state index in [0.29, 0.717) is 25.4 Å². The lowest BCUT2D eigenvalue weighted by Crippen LogP contribution is -2.31. The van der Waals surface area contributed by atoms with Gasteiger partial charge in [0, 0.05) is 21.7 Å². The highest BCUT2D eigenvalue weighted by molar-refractivity contribution is 9.10. The Kier molecular flexibility index (Phi) is 5.64. The van der Waals surface area contributed by atoms with Crippen LogP contribution in [0.25, 0.3) is 10.9 Å². The van der Waals surface area contributed by atoms with Crippen LogP contribution in [0.4, 0.5) is 5.69 Å². The highest BCUT2D eigenvalue weighted by atomic mass is 79.9. The minimum atomic E-state index is -0.765. The molecule has 0 aliphatic heterocycles. The minimum Gasteiger partial charge on any atom is -0.389 e. The third kappa shape index (κ3) is 4.33. The Labute approximate surface area is 162 Å². The molecule has 0 radical (unpaired) electrons. The van der Waals surface area contributed by atoms with Crippen molar-refractivity contribution in [3.63, 3.8) is 0 Å². The number of anilines is 1. The Balaban J connectivity index is 1.73. The monoisotopic (exact) mass is 441 g/mol. The van der Waals surface area contributed by atoms with Gasteiger partial charge in [-0.05, 0) is 52.3 Å². The molecule has 0 unspecified atom stereocenters. The van der Waals surface area contributed by atoms with Crippen molar-refractivity contribution in [3.8, 4) is 0 Å². The second kappa shape index (κ2) is 7.74. The number of hydrogen-bond acceptors (Lipinski definition) is 4. The lowest BCUT2D eigenvalue weighted by molar-refractivity contribution is 0.165. The highest BCUT2D eigenvalue weighted by Crippen LogP contribution is 2.25. The summed E-state index contributed by atoms with van der Waals surface area (Å²) in [6.45, 7) is 0.406. The van der Waals surface area contributed by atoms with Crippen molar-refractivity contribution in [1.29, 1.82) is 0 Å². The zero-order valence-corrected chi connectivity index (χ0v) is 16.0. The fourth-order valence-corrected chi connectivity index (χ4v) is 3.00. The number of aliphatic hydroxyl groups is 1. The SMILES string of the molecule is O=c1c2cc(Cl)c(Br)cc2ncn1C[C@@H](O)CNc1ccc(Cl)cc1. The van der Waals surface area contributed by atoms with E-state index in [1.54, 1.807) is 24.3 Å². The summed E-state index contributed by atoms with van der Waals surface area (Å²) in [6.07, 6.45) is 0.662. The molecule has 0 saturated heterocycles. The Bertz CT molecular complexity index is 961. The first-order chi connectivity index (χ1) is 11.9. The largest absolute Gasteiger partial charge is 0.389 e. The van der Waals surface area contributed by atoms with E-state index in [-0.39, 0.29) is 18.6 Å². The molecule has 8 heteroatoms. The summed E-state index contributed by atoms with van der Waals surface area (Å²) in [5.41, 5.74) is 1.14. The summed E-state index contributed by atoms with van der Waals surface area (Å²) in [5, 5.41) is 14.8. The van der Waals surface area contributed by atoms with E-state index in [4.69, 9.17) is 23.2 Å². The molecule has 0 saturated carbocycles. The van der Waals surface area contributed by atoms with Crippen LogP contribution in [0, 0.1) is 0 Å². The average Bonchev–Trinajstić information content (AvgIpc) is 2.59. The molecular formula is C17H14BrCl2N3O2. The third-order valence-electron chi connectivity index (χ3n) is 3.66. The summed E-state index contributed by atoms with van der Waals surface area (Å²) < 4.78 is 2.05. The first-order valence-corrected chi connectivity index (χ1v) is 9.00. The number of rotatable bonds is 5. The first-order valence-electron chi connectivity index (χ1n) is 7.46. The van der Waals surface area contributed by atoms with E-state index in [9.17, 15) is 9.90 Å². The van der Waals surface area contributed by atoms with Gasteiger partial charge in [0.2, 0.25) is 0 Å². The van der Waals surface area contributed by atoms with Gasteiger partial charge in [0.05, 0.1) is 34.9 Å². The predicted octanol–water partition coefficient (Wildman–Crippen LogP) is 3.94. The number of hydrogen-bond donors (Lipinski definition) is 2. The molecule has 3 aromatic rings. The number of fused-ring (bicyclic) bond motifs is 1. The molecule has 1 atom stereocenters. The number of nitrogens with one attached hydrogen (secondary N) is 1. The van der Waals surface area contributed by atoms with Gasteiger partial charge >= 0.3 is 0 Å². The predicted molar refractivity (Wildman–Crippen MR) is 105 cm³/mol. The van der Waals surface area contributed by atoms with Gasteiger partial charge in [0.25, 0.3) is 5.56 Å². The summed E-state index contributed by atoms with van der Waals surface area (Å²) in [4.78, 5) is 16.8.